The number of aryl methyl sites for hydroxylation is 1. The molecule has 0 aliphatic carbocycles. The normalized spacial score (nSPS) is 26.5. The van der Waals surface area contributed by atoms with Crippen LogP contribution in [0.4, 0.5) is 0 Å². The van der Waals surface area contributed by atoms with Gasteiger partial charge in [0.2, 0.25) is 10.0 Å². The Bertz CT molecular complexity index is 1080. The predicted octanol–water partition coefficient (Wildman–Crippen LogP) is 0.0581. The van der Waals surface area contributed by atoms with Crippen molar-refractivity contribution in [1.29, 1.82) is 0 Å². The first-order chi connectivity index (χ1) is 12.8. The van der Waals surface area contributed by atoms with Crippen LogP contribution >= 0.6 is 0 Å². The van der Waals surface area contributed by atoms with Gasteiger partial charge in [-0.3, -0.25) is 0 Å². The number of hydrogen-bond acceptors (Lipinski definition) is 7. The molecular formula is C16H21NO8S3. The highest BCUT2D eigenvalue weighted by molar-refractivity contribution is 7.92. The van der Waals surface area contributed by atoms with E-state index < -0.39 is 47.8 Å². The molecule has 2 aliphatic rings. The Morgan fingerprint density at radius 1 is 1.04 bits per heavy atom. The van der Waals surface area contributed by atoms with E-state index in [-0.39, 0.29) is 46.3 Å². The summed E-state index contributed by atoms with van der Waals surface area (Å²) in [6, 6.07) is 1.93. The summed E-state index contributed by atoms with van der Waals surface area (Å²) in [4.78, 5) is 11.0. The maximum Gasteiger partial charge on any atom is 0.335 e. The summed E-state index contributed by atoms with van der Waals surface area (Å²) in [6.45, 7) is 1.51. The fourth-order valence-corrected chi connectivity index (χ4v) is 9.50. The largest absolute Gasteiger partial charge is 0.478 e. The number of rotatable bonds is 5. The Hall–Kier alpha value is -1.50. The van der Waals surface area contributed by atoms with Crippen LogP contribution in [0, 0.1) is 6.92 Å². The smallest absolute Gasteiger partial charge is 0.335 e. The summed E-state index contributed by atoms with van der Waals surface area (Å²) < 4.78 is 75.7. The Morgan fingerprint density at radius 2 is 1.54 bits per heavy atom. The molecule has 0 unspecified atom stereocenters. The van der Waals surface area contributed by atoms with Gasteiger partial charge in [0.15, 0.2) is 19.7 Å². The standard InChI is InChI=1S/C16H21NO8S3/c1-11-2-3-12(16(18)19)8-15(11)28(24,25)17(13-4-6-26(20,21)9-13)14-5-7-27(22,23)10-14/h2-3,8,13-14H,4-7,9-10H2,1H3,(H,18,19)/t13-,14-/m0/s1. The molecule has 156 valence electrons. The van der Waals surface area contributed by atoms with Gasteiger partial charge in [0.1, 0.15) is 0 Å². The van der Waals surface area contributed by atoms with Crippen LogP contribution in [0.25, 0.3) is 0 Å². The van der Waals surface area contributed by atoms with E-state index >= 15 is 0 Å². The monoisotopic (exact) mass is 451 g/mol. The summed E-state index contributed by atoms with van der Waals surface area (Å²) in [7, 11) is -11.2. The lowest BCUT2D eigenvalue weighted by Gasteiger charge is -2.32. The molecule has 12 heteroatoms. The first kappa shape index (κ1) is 21.2. The van der Waals surface area contributed by atoms with Gasteiger partial charge in [0, 0.05) is 12.1 Å². The highest BCUT2D eigenvalue weighted by Gasteiger charge is 2.46. The summed E-state index contributed by atoms with van der Waals surface area (Å²) >= 11 is 0. The second-order valence-electron chi connectivity index (χ2n) is 7.23. The van der Waals surface area contributed by atoms with Crippen LogP contribution in [0.5, 0.6) is 0 Å². The third-order valence-electron chi connectivity index (χ3n) is 5.13. The van der Waals surface area contributed by atoms with Crippen molar-refractivity contribution in [1.82, 2.24) is 4.31 Å². The van der Waals surface area contributed by atoms with E-state index in [2.05, 4.69) is 0 Å². The van der Waals surface area contributed by atoms with E-state index in [0.717, 1.165) is 10.4 Å². The minimum absolute atomic E-state index is 0.0791. The van der Waals surface area contributed by atoms with Crippen LogP contribution < -0.4 is 0 Å². The van der Waals surface area contributed by atoms with Crippen LogP contribution in [0.15, 0.2) is 23.1 Å². The molecule has 2 fully saturated rings. The molecule has 0 bridgehead atoms. The fourth-order valence-electron chi connectivity index (χ4n) is 3.77. The van der Waals surface area contributed by atoms with Crippen LogP contribution in [0.2, 0.25) is 0 Å². The average Bonchev–Trinajstić information content (AvgIpc) is 3.09. The third-order valence-corrected chi connectivity index (χ3v) is 10.8. The van der Waals surface area contributed by atoms with Crippen molar-refractivity contribution in [3.63, 3.8) is 0 Å². The van der Waals surface area contributed by atoms with E-state index in [9.17, 15) is 35.2 Å². The Balaban J connectivity index is 2.12. The molecule has 2 aliphatic heterocycles. The van der Waals surface area contributed by atoms with Gasteiger partial charge in [-0.15, -0.1) is 0 Å². The van der Waals surface area contributed by atoms with Gasteiger partial charge < -0.3 is 5.11 Å². The molecule has 0 aromatic heterocycles. The van der Waals surface area contributed by atoms with E-state index in [0.29, 0.717) is 5.56 Å². The van der Waals surface area contributed by atoms with Crippen molar-refractivity contribution < 1.29 is 35.2 Å². The number of aromatic carboxylic acids is 1. The van der Waals surface area contributed by atoms with E-state index in [4.69, 9.17) is 0 Å². The highest BCUT2D eigenvalue weighted by Crippen LogP contribution is 2.33. The number of benzene rings is 1. The number of sulfone groups is 2. The van der Waals surface area contributed by atoms with Crippen LogP contribution in [-0.2, 0) is 29.7 Å². The van der Waals surface area contributed by atoms with Gasteiger partial charge in [-0.25, -0.2) is 30.0 Å². The zero-order valence-corrected chi connectivity index (χ0v) is 17.6. The highest BCUT2D eigenvalue weighted by atomic mass is 32.2. The van der Waals surface area contributed by atoms with Gasteiger partial charge in [-0.2, -0.15) is 4.31 Å². The molecule has 3 rings (SSSR count). The van der Waals surface area contributed by atoms with E-state index in [1.54, 1.807) is 0 Å². The van der Waals surface area contributed by atoms with Crippen molar-refractivity contribution in [2.45, 2.75) is 36.7 Å². The van der Waals surface area contributed by atoms with Crippen LogP contribution in [0.1, 0.15) is 28.8 Å². The van der Waals surface area contributed by atoms with Gasteiger partial charge in [-0.1, -0.05) is 6.07 Å². The molecule has 1 aromatic rings. The van der Waals surface area contributed by atoms with Crippen molar-refractivity contribution in [3.05, 3.63) is 29.3 Å². The molecule has 2 saturated heterocycles. The lowest BCUT2D eigenvalue weighted by molar-refractivity contribution is 0.0696. The zero-order chi connectivity index (χ0) is 20.9. The maximum atomic E-state index is 13.5. The first-order valence-corrected chi connectivity index (χ1v) is 13.7. The number of nitrogens with zero attached hydrogens (tertiary/aromatic N) is 1. The molecule has 0 spiro atoms. The van der Waals surface area contributed by atoms with Crippen molar-refractivity contribution in [2.75, 3.05) is 23.0 Å². The fraction of sp³-hybridized carbons (Fsp3) is 0.562. The van der Waals surface area contributed by atoms with Gasteiger partial charge >= 0.3 is 5.97 Å². The number of carbonyl (C=O) groups is 1. The predicted molar refractivity (Wildman–Crippen MR) is 101 cm³/mol. The number of carboxylic acid groups (broad SMARTS) is 1. The summed E-state index contributed by atoms with van der Waals surface area (Å²) in [6.07, 6.45) is 0.158. The van der Waals surface area contributed by atoms with Gasteiger partial charge in [0.25, 0.3) is 0 Å². The zero-order valence-electron chi connectivity index (χ0n) is 15.1. The summed E-state index contributed by atoms with van der Waals surface area (Å²) in [5.41, 5.74) is 0.0823. The molecular weight excluding hydrogens is 430 g/mol. The Kier molecular flexibility index (Phi) is 5.36. The molecule has 28 heavy (non-hydrogen) atoms. The molecule has 2 atom stereocenters. The molecule has 1 N–H and O–H groups in total. The first-order valence-electron chi connectivity index (χ1n) is 8.61. The van der Waals surface area contributed by atoms with Crippen molar-refractivity contribution in [3.8, 4) is 0 Å². The minimum atomic E-state index is -4.31. The summed E-state index contributed by atoms with van der Waals surface area (Å²) in [5, 5.41) is 9.20. The Labute approximate surface area is 164 Å². The van der Waals surface area contributed by atoms with Gasteiger partial charge in [0.05, 0.1) is 33.5 Å². The quantitative estimate of drug-likeness (QED) is 0.662. The van der Waals surface area contributed by atoms with Crippen molar-refractivity contribution in [2.24, 2.45) is 0 Å². The number of carboxylic acids is 1. The topological polar surface area (TPSA) is 143 Å². The average molecular weight is 452 g/mol. The molecule has 0 saturated carbocycles. The number of hydrogen-bond donors (Lipinski definition) is 1. The van der Waals surface area contributed by atoms with Crippen LogP contribution in [0.3, 0.4) is 0 Å². The molecule has 0 amide bonds. The van der Waals surface area contributed by atoms with Gasteiger partial charge in [-0.05, 0) is 37.5 Å². The SMILES string of the molecule is Cc1ccc(C(=O)O)cc1S(=O)(=O)N([C@H]1CCS(=O)(=O)C1)[C@H]1CCS(=O)(=O)C1. The van der Waals surface area contributed by atoms with Crippen LogP contribution in [-0.4, -0.2) is 75.7 Å². The molecule has 9 nitrogen and oxygen atoms in total. The number of sulfonamides is 1. The maximum absolute atomic E-state index is 13.5. The van der Waals surface area contributed by atoms with E-state index in [1.807, 2.05) is 0 Å². The second-order valence-corrected chi connectivity index (χ2v) is 13.5. The Morgan fingerprint density at radius 3 is 1.93 bits per heavy atom. The second kappa shape index (κ2) is 7.08. The van der Waals surface area contributed by atoms with Crippen molar-refractivity contribution >= 4 is 35.7 Å². The third kappa shape index (κ3) is 4.09. The lowest BCUT2D eigenvalue weighted by atomic mass is 10.1. The molecule has 1 aromatic carbocycles. The van der Waals surface area contributed by atoms with E-state index in [1.165, 1.54) is 19.1 Å². The molecule has 2 heterocycles. The summed E-state index contributed by atoms with van der Waals surface area (Å²) in [5.74, 6) is -2.38. The lowest BCUT2D eigenvalue weighted by Crippen LogP contribution is -2.48. The molecule has 0 radical (unpaired) electrons. The minimum Gasteiger partial charge on any atom is -0.478 e.